The van der Waals surface area contributed by atoms with E-state index in [4.69, 9.17) is 27.9 Å². The average molecular weight is 453 g/mol. The maximum Gasteiger partial charge on any atom is 0.338 e. The van der Waals surface area contributed by atoms with Crippen molar-refractivity contribution in [1.29, 1.82) is 0 Å². The van der Waals surface area contributed by atoms with Crippen LogP contribution in [-0.2, 0) is 4.74 Å². The molecule has 2 aromatic carbocycles. The van der Waals surface area contributed by atoms with Crippen molar-refractivity contribution in [3.8, 4) is 16.3 Å². The summed E-state index contributed by atoms with van der Waals surface area (Å²) in [4.78, 5) is 23.8. The summed E-state index contributed by atoms with van der Waals surface area (Å²) >= 11 is 12.9. The van der Waals surface area contributed by atoms with Gasteiger partial charge in [0.25, 0.3) is 0 Å². The number of nitrogens with one attached hydrogen (secondary N) is 2. The number of carbonyl (C=O) groups excluding carboxylic acids is 2. The molecule has 3 aromatic rings. The lowest BCUT2D eigenvalue weighted by atomic mass is 10.2. The van der Waals surface area contributed by atoms with Gasteiger partial charge in [-0.3, -0.25) is 5.32 Å². The van der Waals surface area contributed by atoms with E-state index in [0.717, 1.165) is 11.3 Å². The zero-order valence-corrected chi connectivity index (χ0v) is 17.2. The van der Waals surface area contributed by atoms with Crippen molar-refractivity contribution < 1.29 is 19.4 Å². The molecule has 0 saturated carbocycles. The summed E-state index contributed by atoms with van der Waals surface area (Å²) in [6, 6.07) is 8.59. The number of anilines is 2. The Morgan fingerprint density at radius 3 is 2.55 bits per heavy atom. The first-order valence-electron chi connectivity index (χ1n) is 8.24. The first-order valence-corrected chi connectivity index (χ1v) is 9.81. The Morgan fingerprint density at radius 1 is 1.14 bits per heavy atom. The number of aromatic hydroxyl groups is 1. The van der Waals surface area contributed by atoms with Crippen LogP contribution in [0.15, 0.2) is 36.4 Å². The SMILES string of the molecule is CCOC(=O)c1ccc(NC(=O)Nc2nnc(-c3cc(Cl)cc(Cl)c3O)s2)cc1. The van der Waals surface area contributed by atoms with Gasteiger partial charge in [0.1, 0.15) is 5.75 Å². The van der Waals surface area contributed by atoms with Crippen LogP contribution in [-0.4, -0.2) is 33.9 Å². The largest absolute Gasteiger partial charge is 0.506 e. The zero-order chi connectivity index (χ0) is 21.0. The lowest BCUT2D eigenvalue weighted by molar-refractivity contribution is 0.0526. The van der Waals surface area contributed by atoms with Crippen molar-refractivity contribution in [3.05, 3.63) is 52.0 Å². The Bertz CT molecular complexity index is 1060. The maximum absolute atomic E-state index is 12.2. The van der Waals surface area contributed by atoms with Gasteiger partial charge < -0.3 is 15.2 Å². The van der Waals surface area contributed by atoms with E-state index < -0.39 is 12.0 Å². The molecule has 0 bridgehead atoms. The van der Waals surface area contributed by atoms with Gasteiger partial charge in [-0.1, -0.05) is 34.5 Å². The number of phenols is 1. The molecule has 0 aliphatic rings. The molecule has 3 rings (SSSR count). The number of rotatable bonds is 5. The number of hydrogen-bond acceptors (Lipinski definition) is 7. The van der Waals surface area contributed by atoms with Crippen molar-refractivity contribution in [2.24, 2.45) is 0 Å². The number of ether oxygens (including phenoxy) is 1. The van der Waals surface area contributed by atoms with E-state index in [1.807, 2.05) is 0 Å². The third-order valence-corrected chi connectivity index (χ3v) is 4.94. The van der Waals surface area contributed by atoms with Gasteiger partial charge in [0.2, 0.25) is 5.13 Å². The number of esters is 1. The quantitative estimate of drug-likeness (QED) is 0.467. The number of nitrogens with zero attached hydrogens (tertiary/aromatic N) is 2. The van der Waals surface area contributed by atoms with Gasteiger partial charge in [-0.05, 0) is 43.3 Å². The molecule has 0 atom stereocenters. The number of halogens is 2. The Hall–Kier alpha value is -2.88. The molecule has 0 radical (unpaired) electrons. The van der Waals surface area contributed by atoms with Crippen LogP contribution in [0.1, 0.15) is 17.3 Å². The second kappa shape index (κ2) is 9.08. The first kappa shape index (κ1) is 20.8. The van der Waals surface area contributed by atoms with E-state index in [1.165, 1.54) is 12.1 Å². The fraction of sp³-hybridized carbons (Fsp3) is 0.111. The number of hydrogen-bond donors (Lipinski definition) is 3. The van der Waals surface area contributed by atoms with Gasteiger partial charge in [0.05, 0.1) is 22.8 Å². The molecule has 11 heteroatoms. The molecular weight excluding hydrogens is 439 g/mol. The second-order valence-electron chi connectivity index (χ2n) is 5.57. The number of carbonyl (C=O) groups is 2. The molecule has 29 heavy (non-hydrogen) atoms. The topological polar surface area (TPSA) is 113 Å². The minimum Gasteiger partial charge on any atom is -0.506 e. The predicted molar refractivity (Wildman–Crippen MR) is 112 cm³/mol. The molecule has 1 heterocycles. The van der Waals surface area contributed by atoms with Crippen LogP contribution in [0.4, 0.5) is 15.6 Å². The summed E-state index contributed by atoms with van der Waals surface area (Å²) in [5.74, 6) is -0.612. The van der Waals surface area contributed by atoms with E-state index in [-0.39, 0.29) is 22.5 Å². The Morgan fingerprint density at radius 2 is 1.86 bits per heavy atom. The van der Waals surface area contributed by atoms with Crippen molar-refractivity contribution in [2.75, 3.05) is 17.2 Å². The first-order chi connectivity index (χ1) is 13.9. The van der Waals surface area contributed by atoms with Crippen LogP contribution < -0.4 is 10.6 Å². The summed E-state index contributed by atoms with van der Waals surface area (Å²) < 4.78 is 4.90. The molecule has 0 spiro atoms. The van der Waals surface area contributed by atoms with Gasteiger partial charge in [0, 0.05) is 10.7 Å². The maximum atomic E-state index is 12.2. The summed E-state index contributed by atoms with van der Waals surface area (Å²) in [5, 5.41) is 24.0. The second-order valence-corrected chi connectivity index (χ2v) is 7.39. The monoisotopic (exact) mass is 452 g/mol. The van der Waals surface area contributed by atoms with Crippen LogP contribution in [0.3, 0.4) is 0 Å². The third-order valence-electron chi connectivity index (χ3n) is 3.56. The predicted octanol–water partition coefficient (Wildman–Crippen LogP) is 5.04. The van der Waals surface area contributed by atoms with Gasteiger partial charge in [-0.2, -0.15) is 0 Å². The zero-order valence-electron chi connectivity index (χ0n) is 14.9. The van der Waals surface area contributed by atoms with E-state index in [0.29, 0.717) is 26.8 Å². The highest BCUT2D eigenvalue weighted by molar-refractivity contribution is 7.18. The summed E-state index contributed by atoms with van der Waals surface area (Å²) in [6.45, 7) is 2.00. The standard InChI is InChI=1S/C18H14Cl2N4O4S/c1-2-28-16(26)9-3-5-11(6-4-9)21-17(27)22-18-24-23-15(29-18)12-7-10(19)8-13(20)14(12)25/h3-8,25H,2H2,1H3,(H2,21,22,24,27). The van der Waals surface area contributed by atoms with Crippen LogP contribution in [0, 0.1) is 0 Å². The smallest absolute Gasteiger partial charge is 0.338 e. The van der Waals surface area contributed by atoms with Crippen molar-refractivity contribution in [1.82, 2.24) is 10.2 Å². The van der Waals surface area contributed by atoms with E-state index in [2.05, 4.69) is 20.8 Å². The van der Waals surface area contributed by atoms with Gasteiger partial charge in [0.15, 0.2) is 5.01 Å². The number of amides is 2. The Kier molecular flexibility index (Phi) is 6.53. The minimum absolute atomic E-state index is 0.0845. The highest BCUT2D eigenvalue weighted by Crippen LogP contribution is 2.39. The summed E-state index contributed by atoms with van der Waals surface area (Å²) in [7, 11) is 0. The molecule has 0 saturated heterocycles. The minimum atomic E-state index is -0.551. The molecule has 0 fully saturated rings. The van der Waals surface area contributed by atoms with Gasteiger partial charge in [-0.15, -0.1) is 10.2 Å². The average Bonchev–Trinajstić information content (AvgIpc) is 3.13. The Labute approximate surface area is 179 Å². The summed E-state index contributed by atoms with van der Waals surface area (Å²) in [6.07, 6.45) is 0. The van der Waals surface area contributed by atoms with E-state index in [9.17, 15) is 14.7 Å². The van der Waals surface area contributed by atoms with Crippen LogP contribution in [0.5, 0.6) is 5.75 Å². The molecule has 8 nitrogen and oxygen atoms in total. The van der Waals surface area contributed by atoms with Gasteiger partial charge in [-0.25, -0.2) is 9.59 Å². The van der Waals surface area contributed by atoms with E-state index >= 15 is 0 Å². The lowest BCUT2D eigenvalue weighted by Gasteiger charge is -2.06. The highest BCUT2D eigenvalue weighted by Gasteiger charge is 2.16. The fourth-order valence-corrected chi connectivity index (χ4v) is 3.52. The molecular formula is C18H14Cl2N4O4S. The lowest BCUT2D eigenvalue weighted by Crippen LogP contribution is -2.19. The number of urea groups is 1. The normalized spacial score (nSPS) is 10.4. The molecule has 0 aliphatic carbocycles. The molecule has 0 unspecified atom stereocenters. The molecule has 1 aromatic heterocycles. The fourth-order valence-electron chi connectivity index (χ4n) is 2.28. The Balaban J connectivity index is 1.66. The molecule has 0 aliphatic heterocycles. The van der Waals surface area contributed by atoms with Crippen LogP contribution in [0.2, 0.25) is 10.0 Å². The number of aromatic nitrogens is 2. The number of benzene rings is 2. The summed E-state index contributed by atoms with van der Waals surface area (Å²) in [5.41, 5.74) is 1.16. The van der Waals surface area contributed by atoms with Crippen molar-refractivity contribution >= 4 is 57.4 Å². The van der Waals surface area contributed by atoms with Crippen LogP contribution >= 0.6 is 34.5 Å². The van der Waals surface area contributed by atoms with E-state index in [1.54, 1.807) is 31.2 Å². The van der Waals surface area contributed by atoms with Gasteiger partial charge >= 0.3 is 12.0 Å². The van der Waals surface area contributed by atoms with Crippen molar-refractivity contribution in [3.63, 3.8) is 0 Å². The molecule has 150 valence electrons. The molecule has 3 N–H and O–H groups in total. The highest BCUT2D eigenvalue weighted by atomic mass is 35.5. The van der Waals surface area contributed by atoms with Crippen LogP contribution in [0.25, 0.3) is 10.6 Å². The third kappa shape index (κ3) is 5.14. The number of phenolic OH excluding ortho intramolecular Hbond substituents is 1. The van der Waals surface area contributed by atoms with Crippen molar-refractivity contribution in [2.45, 2.75) is 6.92 Å². The molecule has 2 amide bonds.